The van der Waals surface area contributed by atoms with Crippen molar-refractivity contribution in [3.05, 3.63) is 0 Å². The van der Waals surface area contributed by atoms with Gasteiger partial charge in [-0.2, -0.15) is 9.98 Å². The predicted molar refractivity (Wildman–Crippen MR) is 148 cm³/mol. The van der Waals surface area contributed by atoms with Gasteiger partial charge in [0.05, 0.1) is 13.2 Å². The highest BCUT2D eigenvalue weighted by molar-refractivity contribution is 6.66. The van der Waals surface area contributed by atoms with Crippen molar-refractivity contribution in [2.45, 2.75) is 121 Å². The van der Waals surface area contributed by atoms with Crippen molar-refractivity contribution in [1.29, 1.82) is 0 Å². The molecule has 3 fully saturated rings. The van der Waals surface area contributed by atoms with E-state index in [0.717, 1.165) is 25.7 Å². The number of hydrazine groups is 1. The lowest BCUT2D eigenvalue weighted by atomic mass is 9.79. The molecule has 36 heavy (non-hydrogen) atoms. The summed E-state index contributed by atoms with van der Waals surface area (Å²) in [6.45, 7) is 20.6. The van der Waals surface area contributed by atoms with E-state index in [4.69, 9.17) is 27.9 Å². The third-order valence-electron chi connectivity index (χ3n) is 7.30. The van der Waals surface area contributed by atoms with Crippen molar-refractivity contribution >= 4 is 34.5 Å². The molecule has 1 unspecified atom stereocenters. The number of nitrogens with one attached hydrogen (secondary N) is 4. The number of hydrogen-bond donors (Lipinski definition) is 4. The molecule has 0 aliphatic carbocycles. The first-order chi connectivity index (χ1) is 16.5. The van der Waals surface area contributed by atoms with E-state index in [-0.39, 0.29) is 39.5 Å². The van der Waals surface area contributed by atoms with Crippen LogP contribution >= 0.6 is 23.2 Å². The Labute approximate surface area is 227 Å². The number of aliphatic imine (C=N–C) groups is 2. The molecule has 4 aliphatic rings. The number of piperidine rings is 2. The van der Waals surface area contributed by atoms with E-state index in [0.29, 0.717) is 32.3 Å². The summed E-state index contributed by atoms with van der Waals surface area (Å²) in [5, 5.41) is 12.0. The van der Waals surface area contributed by atoms with E-state index in [2.05, 4.69) is 91.7 Å². The number of rotatable bonds is 4. The number of halogens is 2. The van der Waals surface area contributed by atoms with Crippen LogP contribution in [0.1, 0.15) is 81.1 Å². The summed E-state index contributed by atoms with van der Waals surface area (Å²) in [5.74, 6) is 0.683. The molecule has 0 spiro atoms. The predicted octanol–water partition coefficient (Wildman–Crippen LogP) is 3.15. The first-order valence-electron chi connectivity index (χ1n) is 13.3. The molecule has 4 heterocycles. The summed E-state index contributed by atoms with van der Waals surface area (Å²) >= 11 is 14.0. The van der Waals surface area contributed by atoms with Gasteiger partial charge in [-0.05, 0) is 92.7 Å². The molecule has 0 aromatic heterocycles. The first kappa shape index (κ1) is 28.3. The van der Waals surface area contributed by atoms with Crippen LogP contribution in [0.15, 0.2) is 9.98 Å². The molecule has 3 saturated heterocycles. The van der Waals surface area contributed by atoms with Gasteiger partial charge in [-0.1, -0.05) is 11.6 Å². The lowest BCUT2D eigenvalue weighted by Gasteiger charge is -2.52. The van der Waals surface area contributed by atoms with Gasteiger partial charge in [-0.25, -0.2) is 10.4 Å². The minimum absolute atomic E-state index is 0.0299. The van der Waals surface area contributed by atoms with Crippen LogP contribution in [0.3, 0.4) is 0 Å². The van der Waals surface area contributed by atoms with Gasteiger partial charge in [0.2, 0.25) is 11.3 Å². The van der Waals surface area contributed by atoms with Crippen LogP contribution in [-0.2, 0) is 4.74 Å². The van der Waals surface area contributed by atoms with Gasteiger partial charge in [0.1, 0.15) is 0 Å². The van der Waals surface area contributed by atoms with Crippen molar-refractivity contribution in [2.75, 3.05) is 26.3 Å². The summed E-state index contributed by atoms with van der Waals surface area (Å²) in [7, 11) is 0. The Kier molecular flexibility index (Phi) is 7.72. The minimum atomic E-state index is -1.32. The number of hydrogen-bond acceptors (Lipinski definition) is 9. The van der Waals surface area contributed by atoms with E-state index in [1.165, 1.54) is 0 Å². The van der Waals surface area contributed by atoms with Gasteiger partial charge in [-0.15, -0.1) is 0 Å². The molecule has 4 N–H and O–H groups in total. The Morgan fingerprint density at radius 3 is 1.81 bits per heavy atom. The first-order valence-corrected chi connectivity index (χ1v) is 14.0. The van der Waals surface area contributed by atoms with E-state index in [1.54, 1.807) is 0 Å². The summed E-state index contributed by atoms with van der Waals surface area (Å²) in [4.78, 5) is 11.6. The maximum absolute atomic E-state index is 7.44. The Balaban J connectivity index is 1.66. The zero-order chi connectivity index (χ0) is 26.6. The van der Waals surface area contributed by atoms with Crippen LogP contribution in [-0.4, -0.2) is 87.0 Å². The van der Waals surface area contributed by atoms with Gasteiger partial charge >= 0.3 is 0 Å². The number of ether oxygens (including phenoxy) is 1. The number of morpholine rings is 1. The topological polar surface area (TPSA) is 88.5 Å². The fourth-order valence-corrected chi connectivity index (χ4v) is 7.56. The number of nitrogens with zero attached hydrogens (tertiary/aromatic N) is 4. The summed E-state index contributed by atoms with van der Waals surface area (Å²) in [6.07, 6.45) is 3.68. The highest BCUT2D eigenvalue weighted by Crippen LogP contribution is 2.35. The molecule has 0 amide bonds. The van der Waals surface area contributed by atoms with Crippen LogP contribution < -0.4 is 21.4 Å². The zero-order valence-electron chi connectivity index (χ0n) is 23.3. The zero-order valence-corrected chi connectivity index (χ0v) is 24.8. The number of amidine groups is 1. The normalized spacial score (nSPS) is 32.7. The largest absolute Gasteiger partial charge is 0.378 e. The van der Waals surface area contributed by atoms with E-state index >= 15 is 0 Å². The quantitative estimate of drug-likeness (QED) is 0.319. The van der Waals surface area contributed by atoms with Crippen LogP contribution in [0.4, 0.5) is 0 Å². The van der Waals surface area contributed by atoms with Gasteiger partial charge < -0.3 is 20.3 Å². The highest BCUT2D eigenvalue weighted by atomic mass is 35.5. The molecule has 0 saturated carbocycles. The summed E-state index contributed by atoms with van der Waals surface area (Å²) in [5.41, 5.74) is 3.61. The Morgan fingerprint density at radius 1 is 0.833 bits per heavy atom. The van der Waals surface area contributed by atoms with Crippen molar-refractivity contribution in [3.8, 4) is 0 Å². The molecule has 4 aliphatic heterocycles. The molecule has 4 rings (SSSR count). The monoisotopic (exact) mass is 544 g/mol. The summed E-state index contributed by atoms with van der Waals surface area (Å²) in [6, 6.07) is 0.284. The van der Waals surface area contributed by atoms with Crippen LogP contribution in [0, 0.1) is 0 Å². The Bertz CT molecular complexity index is 851. The molecule has 0 radical (unpaired) electrons. The van der Waals surface area contributed by atoms with Crippen molar-refractivity contribution in [3.63, 3.8) is 0 Å². The van der Waals surface area contributed by atoms with Gasteiger partial charge in [0.15, 0.2) is 0 Å². The second-order valence-electron chi connectivity index (χ2n) is 13.6. The molecular weight excluding hydrogens is 499 g/mol. The van der Waals surface area contributed by atoms with Gasteiger partial charge in [0.25, 0.3) is 5.25 Å². The average molecular weight is 546 g/mol. The molecule has 0 aromatic carbocycles. The third kappa shape index (κ3) is 6.84. The Hall–Kier alpha value is -0.680. The molecule has 11 heteroatoms. The van der Waals surface area contributed by atoms with E-state index in [1.807, 2.05) is 5.01 Å². The van der Waals surface area contributed by atoms with Crippen molar-refractivity contribution < 1.29 is 4.74 Å². The standard InChI is InChI=1S/C25H46Cl2N8O/c1-21(2)13-17(14-22(3,4)32-21)29-25(27)30-19(26)28-20(34-9-11-36-12-10-34)35(25)31-18-15-23(5,6)33-24(7,8)16-18/h17-18,29,31-33H,9-16H2,1-8H3. The SMILES string of the molecule is CC1(C)CC(NN2C(N3CCOCC3)=NC(Cl)=NC2(Cl)NC2CC(C)(C)NC(C)(C)C2)CC(C)(C)N1. The third-order valence-corrected chi connectivity index (χ3v) is 7.83. The van der Waals surface area contributed by atoms with Crippen molar-refractivity contribution in [2.24, 2.45) is 9.98 Å². The molecule has 9 nitrogen and oxygen atoms in total. The lowest BCUT2D eigenvalue weighted by molar-refractivity contribution is 0.0267. The van der Waals surface area contributed by atoms with E-state index in [9.17, 15) is 0 Å². The van der Waals surface area contributed by atoms with Crippen LogP contribution in [0.2, 0.25) is 0 Å². The number of alkyl halides is 1. The second-order valence-corrected chi connectivity index (χ2v) is 14.4. The lowest BCUT2D eigenvalue weighted by Crippen LogP contribution is -2.73. The summed E-state index contributed by atoms with van der Waals surface area (Å²) < 4.78 is 5.61. The Morgan fingerprint density at radius 2 is 1.31 bits per heavy atom. The minimum Gasteiger partial charge on any atom is -0.378 e. The highest BCUT2D eigenvalue weighted by Gasteiger charge is 2.49. The smallest absolute Gasteiger partial charge is 0.286 e. The van der Waals surface area contributed by atoms with Crippen LogP contribution in [0.25, 0.3) is 0 Å². The molecule has 0 bridgehead atoms. The fourth-order valence-electron chi connectivity index (χ4n) is 6.96. The van der Waals surface area contributed by atoms with Crippen molar-refractivity contribution in [1.82, 2.24) is 31.3 Å². The average Bonchev–Trinajstić information content (AvgIpc) is 2.65. The molecular formula is C25H46Cl2N8O. The fraction of sp³-hybridized carbons (Fsp3) is 0.920. The van der Waals surface area contributed by atoms with Gasteiger partial charge in [0, 0.05) is 47.3 Å². The molecule has 206 valence electrons. The molecule has 0 aromatic rings. The maximum atomic E-state index is 7.44. The maximum Gasteiger partial charge on any atom is 0.286 e. The second kappa shape index (κ2) is 9.81. The number of guanidine groups is 1. The van der Waals surface area contributed by atoms with Crippen LogP contribution in [0.5, 0.6) is 0 Å². The van der Waals surface area contributed by atoms with Gasteiger partial charge in [-0.3, -0.25) is 5.32 Å². The molecule has 1 atom stereocenters. The van der Waals surface area contributed by atoms with E-state index < -0.39 is 5.25 Å².